The maximum absolute atomic E-state index is 1.64. The molecule has 4 rings (SSSR count). The molecule has 0 aromatic rings. The first kappa shape index (κ1) is 11.6. The van der Waals surface area contributed by atoms with E-state index in [0.717, 1.165) is 0 Å². The number of rotatable bonds is 2. The third kappa shape index (κ3) is 1.78. The Kier molecular flexibility index (Phi) is 3.12. The molecule has 0 N–H and O–H groups in total. The highest BCUT2D eigenvalue weighted by Gasteiger charge is 2.44. The Balaban J connectivity index is 0.000000810. The molecular formula is C14H26BP. The minimum absolute atomic E-state index is 0. The van der Waals surface area contributed by atoms with Crippen LogP contribution in [0, 0.1) is 23.7 Å². The fourth-order valence-corrected chi connectivity index (χ4v) is 7.81. The summed E-state index contributed by atoms with van der Waals surface area (Å²) in [6.45, 7) is 0. The third-order valence-corrected chi connectivity index (χ3v) is 8.17. The van der Waals surface area contributed by atoms with E-state index >= 15 is 0 Å². The van der Waals surface area contributed by atoms with Crippen LogP contribution in [-0.2, 0) is 0 Å². The van der Waals surface area contributed by atoms with Crippen LogP contribution in [0.5, 0.6) is 0 Å². The molecular weight excluding hydrogens is 210 g/mol. The van der Waals surface area contributed by atoms with Crippen molar-refractivity contribution in [1.29, 1.82) is 0 Å². The van der Waals surface area contributed by atoms with Crippen LogP contribution in [0.1, 0.15) is 51.4 Å². The van der Waals surface area contributed by atoms with E-state index in [4.69, 9.17) is 0 Å². The Morgan fingerprint density at radius 1 is 0.625 bits per heavy atom. The first-order valence-electron chi connectivity index (χ1n) is 7.14. The second-order valence-corrected chi connectivity index (χ2v) is 8.55. The molecule has 0 aromatic carbocycles. The molecule has 6 unspecified atom stereocenters. The van der Waals surface area contributed by atoms with Crippen molar-refractivity contribution < 1.29 is 0 Å². The van der Waals surface area contributed by atoms with Crippen LogP contribution in [0.2, 0.25) is 0 Å². The van der Waals surface area contributed by atoms with Gasteiger partial charge in [-0.2, -0.15) is 0 Å². The second-order valence-electron chi connectivity index (χ2n) is 6.73. The quantitative estimate of drug-likeness (QED) is 0.511. The largest absolute Gasteiger partial charge is 0.115 e. The van der Waals surface area contributed by atoms with Crippen molar-refractivity contribution in [3.8, 4) is 0 Å². The van der Waals surface area contributed by atoms with E-state index < -0.39 is 0 Å². The average Bonchev–Trinajstić information content (AvgIpc) is 2.96. The highest BCUT2D eigenvalue weighted by molar-refractivity contribution is 7.39. The summed E-state index contributed by atoms with van der Waals surface area (Å²) in [6, 6.07) is 0. The predicted molar refractivity (Wildman–Crippen MR) is 76.7 cm³/mol. The van der Waals surface area contributed by atoms with Crippen molar-refractivity contribution in [2.45, 2.75) is 62.7 Å². The highest BCUT2D eigenvalue weighted by Crippen LogP contribution is 2.58. The summed E-state index contributed by atoms with van der Waals surface area (Å²) in [5.74, 6) is 4.72. The maximum Gasteiger partial charge on any atom is 0.0814 e. The Morgan fingerprint density at radius 2 is 1.12 bits per heavy atom. The van der Waals surface area contributed by atoms with Crippen molar-refractivity contribution in [2.75, 3.05) is 0 Å². The molecule has 0 nitrogen and oxygen atoms in total. The van der Waals surface area contributed by atoms with Gasteiger partial charge in [0, 0.05) is 0 Å². The van der Waals surface area contributed by atoms with Crippen LogP contribution in [-0.4, -0.2) is 19.7 Å². The zero-order chi connectivity index (χ0) is 9.83. The molecule has 4 fully saturated rings. The number of hydrogen-bond donors (Lipinski definition) is 0. The van der Waals surface area contributed by atoms with Gasteiger partial charge in [-0.05, 0) is 73.5 Å². The lowest BCUT2D eigenvalue weighted by Gasteiger charge is -2.29. The molecule has 0 aromatic heterocycles. The fourth-order valence-electron chi connectivity index (χ4n) is 5.17. The molecule has 4 saturated carbocycles. The molecule has 0 saturated heterocycles. The molecule has 90 valence electrons. The van der Waals surface area contributed by atoms with Gasteiger partial charge in [-0.15, -0.1) is 8.58 Å². The van der Waals surface area contributed by atoms with Gasteiger partial charge in [0.25, 0.3) is 0 Å². The van der Waals surface area contributed by atoms with Gasteiger partial charge < -0.3 is 0 Å². The standard InChI is InChI=1S/C14H23P.BH3/c1-3-11-5-9(1)7-13(11)15-14-8-10-2-4-12(14)6-10;/h9-15H,1-8H2;1H3. The van der Waals surface area contributed by atoms with Crippen LogP contribution < -0.4 is 0 Å². The molecule has 0 heterocycles. The van der Waals surface area contributed by atoms with Crippen molar-refractivity contribution in [3.63, 3.8) is 0 Å². The van der Waals surface area contributed by atoms with Gasteiger partial charge in [0.2, 0.25) is 0 Å². The highest BCUT2D eigenvalue weighted by atomic mass is 31.1. The number of hydrogen-bond acceptors (Lipinski definition) is 0. The van der Waals surface area contributed by atoms with E-state index in [9.17, 15) is 0 Å². The first-order valence-corrected chi connectivity index (χ1v) is 8.30. The van der Waals surface area contributed by atoms with E-state index in [0.29, 0.717) is 0 Å². The topological polar surface area (TPSA) is 0 Å². The molecule has 16 heavy (non-hydrogen) atoms. The van der Waals surface area contributed by atoms with Gasteiger partial charge in [0.05, 0.1) is 8.41 Å². The molecule has 4 aliphatic rings. The summed E-state index contributed by atoms with van der Waals surface area (Å²) in [5, 5.41) is 0. The fraction of sp³-hybridized carbons (Fsp3) is 1.00. The lowest BCUT2D eigenvalue weighted by atomic mass is 10.00. The summed E-state index contributed by atoms with van der Waals surface area (Å²) in [6.07, 6.45) is 12.9. The van der Waals surface area contributed by atoms with E-state index in [-0.39, 0.29) is 8.41 Å². The summed E-state index contributed by atoms with van der Waals surface area (Å²) in [4.78, 5) is 0. The second kappa shape index (κ2) is 4.31. The van der Waals surface area contributed by atoms with Gasteiger partial charge in [0.1, 0.15) is 0 Å². The molecule has 0 radical (unpaired) electrons. The molecule has 2 heteroatoms. The van der Waals surface area contributed by atoms with E-state index in [1.165, 1.54) is 43.6 Å². The minimum Gasteiger partial charge on any atom is -0.115 e. The van der Waals surface area contributed by atoms with Crippen molar-refractivity contribution >= 4 is 17.0 Å². The Hall–Kier alpha value is 0.495. The van der Waals surface area contributed by atoms with Crippen molar-refractivity contribution in [1.82, 2.24) is 0 Å². The lowest BCUT2D eigenvalue weighted by Crippen LogP contribution is -2.19. The van der Waals surface area contributed by atoms with Gasteiger partial charge in [-0.25, -0.2) is 0 Å². The summed E-state index contributed by atoms with van der Waals surface area (Å²) < 4.78 is 0. The Labute approximate surface area is 104 Å². The van der Waals surface area contributed by atoms with E-state index in [1.54, 1.807) is 51.4 Å². The van der Waals surface area contributed by atoms with Crippen LogP contribution in [0.4, 0.5) is 0 Å². The molecule has 0 amide bonds. The Morgan fingerprint density at radius 3 is 1.44 bits per heavy atom. The average molecular weight is 236 g/mol. The zero-order valence-corrected chi connectivity index (χ0v) is 10.6. The monoisotopic (exact) mass is 236 g/mol. The SMILES string of the molecule is B.C1CC2CC1CC2PC1CC2CCC1C2. The summed E-state index contributed by atoms with van der Waals surface area (Å²) in [7, 11) is 1.37. The van der Waals surface area contributed by atoms with Gasteiger partial charge in [0.15, 0.2) is 0 Å². The van der Waals surface area contributed by atoms with Gasteiger partial charge >= 0.3 is 0 Å². The number of fused-ring (bicyclic) bond motifs is 4. The lowest BCUT2D eigenvalue weighted by molar-refractivity contribution is 0.466. The predicted octanol–water partition coefficient (Wildman–Crippen LogP) is 2.86. The van der Waals surface area contributed by atoms with Gasteiger partial charge in [-0.3, -0.25) is 0 Å². The normalized spacial score (nSPS) is 54.0. The Bertz CT molecular complexity index is 241. The van der Waals surface area contributed by atoms with Crippen LogP contribution in [0.25, 0.3) is 0 Å². The molecule has 4 bridgehead atoms. The van der Waals surface area contributed by atoms with Crippen molar-refractivity contribution in [2.24, 2.45) is 23.7 Å². The first-order chi connectivity index (χ1) is 7.38. The minimum atomic E-state index is 0. The van der Waals surface area contributed by atoms with Crippen molar-refractivity contribution in [3.05, 3.63) is 0 Å². The molecule has 6 atom stereocenters. The molecule has 4 aliphatic carbocycles. The summed E-state index contributed by atoms with van der Waals surface area (Å²) in [5.41, 5.74) is 2.40. The zero-order valence-electron chi connectivity index (χ0n) is 9.62. The smallest absolute Gasteiger partial charge is 0.0814 e. The van der Waals surface area contributed by atoms with Crippen LogP contribution in [0.15, 0.2) is 0 Å². The van der Waals surface area contributed by atoms with E-state index in [1.807, 2.05) is 0 Å². The van der Waals surface area contributed by atoms with Gasteiger partial charge in [-0.1, -0.05) is 12.8 Å². The maximum atomic E-state index is 1.64. The third-order valence-electron chi connectivity index (χ3n) is 5.90. The van der Waals surface area contributed by atoms with E-state index in [2.05, 4.69) is 0 Å². The van der Waals surface area contributed by atoms with Crippen LogP contribution in [0.3, 0.4) is 0 Å². The summed E-state index contributed by atoms with van der Waals surface area (Å²) >= 11 is 0. The molecule has 0 aliphatic heterocycles. The molecule has 0 spiro atoms. The van der Waals surface area contributed by atoms with Crippen LogP contribution >= 0.6 is 8.58 Å².